The molecule has 0 saturated heterocycles. The van der Waals surface area contributed by atoms with Gasteiger partial charge in [-0.05, 0) is 58.2 Å². The van der Waals surface area contributed by atoms with Gasteiger partial charge in [0.15, 0.2) is 5.78 Å². The van der Waals surface area contributed by atoms with E-state index in [1.54, 1.807) is 52.0 Å². The van der Waals surface area contributed by atoms with Crippen LogP contribution in [-0.4, -0.2) is 48.7 Å². The number of ether oxygens (including phenoxy) is 1. The van der Waals surface area contributed by atoms with Crippen LogP contribution in [0.25, 0.3) is 0 Å². The molecule has 1 aromatic carbocycles. The molecule has 2 aromatic rings. The minimum atomic E-state index is -3.90. The summed E-state index contributed by atoms with van der Waals surface area (Å²) in [6.45, 7) is 12.7. The summed E-state index contributed by atoms with van der Waals surface area (Å²) in [5.74, 6) is -0.891. The summed E-state index contributed by atoms with van der Waals surface area (Å²) in [5, 5.41) is 0. The van der Waals surface area contributed by atoms with E-state index in [2.05, 4.69) is 4.98 Å². The molecule has 1 atom stereocenters. The Morgan fingerprint density at radius 2 is 1.65 bits per heavy atom. The van der Waals surface area contributed by atoms with Gasteiger partial charge in [0, 0.05) is 17.8 Å². The monoisotopic (exact) mass is 448 g/mol. The lowest BCUT2D eigenvalue weighted by atomic mass is 10.0. The van der Waals surface area contributed by atoms with Crippen molar-refractivity contribution < 1.29 is 22.7 Å². The number of esters is 1. The summed E-state index contributed by atoms with van der Waals surface area (Å²) in [6.07, 6.45) is 0. The van der Waals surface area contributed by atoms with Crippen molar-refractivity contribution in [3.05, 3.63) is 52.3 Å². The first-order valence-electron chi connectivity index (χ1n) is 10.4. The van der Waals surface area contributed by atoms with Crippen LogP contribution in [0.15, 0.2) is 29.2 Å². The number of aromatic amines is 1. The van der Waals surface area contributed by atoms with E-state index >= 15 is 0 Å². The van der Waals surface area contributed by atoms with Crippen molar-refractivity contribution in [1.29, 1.82) is 0 Å². The Morgan fingerprint density at radius 3 is 2.16 bits per heavy atom. The van der Waals surface area contributed by atoms with E-state index in [1.807, 2.05) is 20.8 Å². The fraction of sp³-hybridized carbons (Fsp3) is 0.478. The average molecular weight is 449 g/mol. The summed E-state index contributed by atoms with van der Waals surface area (Å²) >= 11 is 0. The molecule has 0 bridgehead atoms. The molecule has 8 heteroatoms. The van der Waals surface area contributed by atoms with Crippen molar-refractivity contribution in [3.8, 4) is 0 Å². The van der Waals surface area contributed by atoms with Crippen molar-refractivity contribution in [2.45, 2.75) is 59.4 Å². The summed E-state index contributed by atoms with van der Waals surface area (Å²) in [6, 6.07) is 5.64. The standard InChI is InChI=1S/C23H32N2O5S/c1-8-30-23(27)21-16(5)20(17(6)24-21)22(26)18(7)25(13-14(2)3)31(28,29)19-11-9-15(4)10-12-19/h9-12,14,18,24H,8,13H2,1-7H3/t18-/m0/s1. The second-order valence-electron chi connectivity index (χ2n) is 8.17. The molecule has 0 saturated carbocycles. The number of nitrogens with zero attached hydrogens (tertiary/aromatic N) is 1. The van der Waals surface area contributed by atoms with Gasteiger partial charge < -0.3 is 9.72 Å². The molecule has 0 amide bonds. The van der Waals surface area contributed by atoms with Crippen LogP contribution >= 0.6 is 0 Å². The highest BCUT2D eigenvalue weighted by molar-refractivity contribution is 7.89. The Kier molecular flexibility index (Phi) is 7.83. The molecular formula is C23H32N2O5S. The zero-order chi connectivity index (χ0) is 23.5. The SMILES string of the molecule is CCOC(=O)c1[nH]c(C)c(C(=O)[C@H](C)N(CC(C)C)S(=O)(=O)c2ccc(C)cc2)c1C. The fourth-order valence-electron chi connectivity index (χ4n) is 3.54. The smallest absolute Gasteiger partial charge is 0.355 e. The molecule has 0 fully saturated rings. The van der Waals surface area contributed by atoms with Gasteiger partial charge in [-0.3, -0.25) is 4.79 Å². The lowest BCUT2D eigenvalue weighted by Crippen LogP contribution is -2.45. The Labute approximate surface area is 184 Å². The molecule has 0 unspecified atom stereocenters. The van der Waals surface area contributed by atoms with E-state index in [4.69, 9.17) is 4.74 Å². The molecule has 0 spiro atoms. The van der Waals surface area contributed by atoms with E-state index in [0.29, 0.717) is 16.8 Å². The maximum absolute atomic E-state index is 13.5. The number of nitrogens with one attached hydrogen (secondary N) is 1. The first-order chi connectivity index (χ1) is 14.4. The number of hydrogen-bond acceptors (Lipinski definition) is 5. The summed E-state index contributed by atoms with van der Waals surface area (Å²) in [7, 11) is -3.90. The number of aromatic nitrogens is 1. The van der Waals surface area contributed by atoms with E-state index in [-0.39, 0.29) is 35.4 Å². The van der Waals surface area contributed by atoms with Crippen molar-refractivity contribution in [2.24, 2.45) is 5.92 Å². The van der Waals surface area contributed by atoms with Gasteiger partial charge in [0.1, 0.15) is 5.69 Å². The number of rotatable bonds is 9. The molecule has 2 rings (SSSR count). The van der Waals surface area contributed by atoms with E-state index < -0.39 is 22.0 Å². The zero-order valence-electron chi connectivity index (χ0n) is 19.3. The van der Waals surface area contributed by atoms with Crippen LogP contribution in [-0.2, 0) is 14.8 Å². The van der Waals surface area contributed by atoms with Crippen LogP contribution in [0, 0.1) is 26.7 Å². The second-order valence-corrected chi connectivity index (χ2v) is 10.1. The average Bonchev–Trinajstić information content (AvgIpc) is 2.99. The highest BCUT2D eigenvalue weighted by Gasteiger charge is 2.36. The minimum Gasteiger partial charge on any atom is -0.461 e. The molecule has 1 aromatic heterocycles. The van der Waals surface area contributed by atoms with E-state index in [0.717, 1.165) is 5.56 Å². The topological polar surface area (TPSA) is 96.5 Å². The summed E-state index contributed by atoms with van der Waals surface area (Å²) < 4.78 is 33.1. The van der Waals surface area contributed by atoms with Crippen molar-refractivity contribution in [1.82, 2.24) is 9.29 Å². The molecule has 0 radical (unpaired) electrons. The maximum Gasteiger partial charge on any atom is 0.355 e. The Morgan fingerprint density at radius 1 is 1.06 bits per heavy atom. The largest absolute Gasteiger partial charge is 0.461 e. The number of Topliss-reactive ketones (excluding diaryl/α,β-unsaturated/α-hetero) is 1. The normalized spacial score (nSPS) is 12.9. The minimum absolute atomic E-state index is 0.0129. The van der Waals surface area contributed by atoms with Gasteiger partial charge in [0.25, 0.3) is 0 Å². The van der Waals surface area contributed by atoms with Gasteiger partial charge in [-0.25, -0.2) is 13.2 Å². The molecular weight excluding hydrogens is 416 g/mol. The van der Waals surface area contributed by atoms with Crippen LogP contribution in [0.4, 0.5) is 0 Å². The first-order valence-corrected chi connectivity index (χ1v) is 11.8. The molecule has 1 heterocycles. The van der Waals surface area contributed by atoms with Gasteiger partial charge in [0.2, 0.25) is 10.0 Å². The predicted molar refractivity (Wildman–Crippen MR) is 120 cm³/mol. The van der Waals surface area contributed by atoms with Crippen LogP contribution in [0.2, 0.25) is 0 Å². The molecule has 0 aliphatic carbocycles. The lowest BCUT2D eigenvalue weighted by Gasteiger charge is -2.29. The number of carbonyl (C=O) groups is 2. The Balaban J connectivity index is 2.49. The highest BCUT2D eigenvalue weighted by atomic mass is 32.2. The van der Waals surface area contributed by atoms with Crippen LogP contribution in [0.3, 0.4) is 0 Å². The highest BCUT2D eigenvalue weighted by Crippen LogP contribution is 2.26. The summed E-state index contributed by atoms with van der Waals surface area (Å²) in [4.78, 5) is 28.7. The van der Waals surface area contributed by atoms with Gasteiger partial charge >= 0.3 is 5.97 Å². The third-order valence-corrected chi connectivity index (χ3v) is 7.10. The first kappa shape index (κ1) is 24.8. The van der Waals surface area contributed by atoms with E-state index in [9.17, 15) is 18.0 Å². The van der Waals surface area contributed by atoms with Gasteiger partial charge in [-0.1, -0.05) is 31.5 Å². The number of H-pyrrole nitrogens is 1. The van der Waals surface area contributed by atoms with Crippen molar-refractivity contribution in [2.75, 3.05) is 13.2 Å². The number of aryl methyl sites for hydroxylation is 2. The Bertz CT molecular complexity index is 1050. The summed E-state index contributed by atoms with van der Waals surface area (Å²) in [5.41, 5.74) is 2.46. The second kappa shape index (κ2) is 9.78. The maximum atomic E-state index is 13.5. The molecule has 0 aliphatic rings. The number of benzene rings is 1. The van der Waals surface area contributed by atoms with Crippen molar-refractivity contribution >= 4 is 21.8 Å². The molecule has 170 valence electrons. The molecule has 7 nitrogen and oxygen atoms in total. The lowest BCUT2D eigenvalue weighted by molar-refractivity contribution is 0.0519. The van der Waals surface area contributed by atoms with E-state index in [1.165, 1.54) is 4.31 Å². The van der Waals surface area contributed by atoms with Crippen LogP contribution in [0.1, 0.15) is 65.4 Å². The third kappa shape index (κ3) is 5.25. The molecule has 0 aliphatic heterocycles. The number of ketones is 1. The van der Waals surface area contributed by atoms with Crippen molar-refractivity contribution in [3.63, 3.8) is 0 Å². The third-order valence-electron chi connectivity index (χ3n) is 5.15. The number of carbonyl (C=O) groups excluding carboxylic acids is 2. The van der Waals surface area contributed by atoms with Crippen LogP contribution in [0.5, 0.6) is 0 Å². The molecule has 31 heavy (non-hydrogen) atoms. The van der Waals surface area contributed by atoms with Gasteiger partial charge in [-0.2, -0.15) is 4.31 Å². The number of sulfonamides is 1. The zero-order valence-corrected chi connectivity index (χ0v) is 20.1. The Hall–Kier alpha value is -2.45. The number of hydrogen-bond donors (Lipinski definition) is 1. The quantitative estimate of drug-likeness (QED) is 0.461. The van der Waals surface area contributed by atoms with Gasteiger partial charge in [0.05, 0.1) is 17.5 Å². The predicted octanol–water partition coefficient (Wildman–Crippen LogP) is 4.03. The van der Waals surface area contributed by atoms with Gasteiger partial charge in [-0.15, -0.1) is 0 Å². The fourth-order valence-corrected chi connectivity index (χ4v) is 5.29. The van der Waals surface area contributed by atoms with Crippen LogP contribution < -0.4 is 0 Å². The molecule has 1 N–H and O–H groups in total.